The average Bonchev–Trinajstić information content (AvgIpc) is 2.50. The number of rotatable bonds is 3. The van der Waals surface area contributed by atoms with E-state index in [4.69, 9.17) is 0 Å². The second-order valence-electron chi connectivity index (χ2n) is 1.81. The van der Waals surface area contributed by atoms with Crippen LogP contribution in [0, 0.1) is 6.92 Å². The highest BCUT2D eigenvalue weighted by molar-refractivity contribution is 7.93. The summed E-state index contributed by atoms with van der Waals surface area (Å²) in [5.41, 5.74) is 0. The third-order valence-electron chi connectivity index (χ3n) is 0.987. The summed E-state index contributed by atoms with van der Waals surface area (Å²) in [6, 6.07) is 0. The lowest BCUT2D eigenvalue weighted by Crippen LogP contribution is -2.05. The summed E-state index contributed by atoms with van der Waals surface area (Å²) in [6.45, 7) is 3.66. The lowest BCUT2D eigenvalue weighted by molar-refractivity contribution is 0.416. The van der Waals surface area contributed by atoms with Gasteiger partial charge in [0.25, 0.3) is 0 Å². The normalized spacial score (nSPS) is 17.0. The van der Waals surface area contributed by atoms with E-state index in [1.54, 1.807) is 0 Å². The predicted octanol–water partition coefficient (Wildman–Crippen LogP) is 1.82. The van der Waals surface area contributed by atoms with Gasteiger partial charge in [-0.05, 0) is 24.6 Å². The summed E-state index contributed by atoms with van der Waals surface area (Å²) in [7, 11) is 0. The van der Waals surface area contributed by atoms with Crippen LogP contribution in [0.1, 0.15) is 6.42 Å². The van der Waals surface area contributed by atoms with Crippen molar-refractivity contribution in [2.24, 2.45) is 5.16 Å². The van der Waals surface area contributed by atoms with E-state index in [0.717, 1.165) is 24.5 Å². The number of hydrogen-bond donors (Lipinski definition) is 1. The molecule has 0 aromatic heterocycles. The minimum Gasteiger partial charge on any atom is -0.297 e. The Morgan fingerprint density at radius 3 is 3.18 bits per heavy atom. The van der Waals surface area contributed by atoms with E-state index in [1.165, 1.54) is 0 Å². The molecule has 11 heavy (non-hydrogen) atoms. The van der Waals surface area contributed by atoms with E-state index in [9.17, 15) is 0 Å². The smallest absolute Gasteiger partial charge is 0.208 e. The maximum Gasteiger partial charge on any atom is 0.208 e. The molecule has 0 spiro atoms. The molecule has 1 aliphatic heterocycles. The Labute approximate surface area is 70.5 Å². The second-order valence-corrected chi connectivity index (χ2v) is 2.33. The molecule has 0 atom stereocenters. The summed E-state index contributed by atoms with van der Waals surface area (Å²) in [4.78, 5) is 0. The molecule has 0 fully saturated rings. The molecule has 4 heteroatoms. The van der Waals surface area contributed by atoms with Crippen LogP contribution in [0.4, 0.5) is 0 Å². The second kappa shape index (κ2) is 4.85. The molecule has 0 aromatic rings. The Hall–Kier alpha value is -0.900. The van der Waals surface area contributed by atoms with Crippen LogP contribution in [0.5, 0.6) is 0 Å². The van der Waals surface area contributed by atoms with Crippen LogP contribution in [-0.2, 0) is 4.28 Å². The van der Waals surface area contributed by atoms with Crippen molar-refractivity contribution >= 4 is 18.1 Å². The van der Waals surface area contributed by atoms with Crippen molar-refractivity contribution in [3.8, 4) is 0 Å². The van der Waals surface area contributed by atoms with Gasteiger partial charge >= 0.3 is 0 Å². The minimum atomic E-state index is 0.726. The summed E-state index contributed by atoms with van der Waals surface area (Å²) in [5, 5.41) is 3.67. The van der Waals surface area contributed by atoms with E-state index >= 15 is 0 Å². The van der Waals surface area contributed by atoms with E-state index in [1.807, 2.05) is 24.3 Å². The van der Waals surface area contributed by atoms with Gasteiger partial charge in [0.05, 0.1) is 0 Å². The molecule has 0 saturated carbocycles. The first kappa shape index (κ1) is 8.20. The quantitative estimate of drug-likeness (QED) is 0.397. The van der Waals surface area contributed by atoms with Gasteiger partial charge in [0.1, 0.15) is 0 Å². The molecule has 1 radical (unpaired) electrons. The molecule has 0 bridgehead atoms. The monoisotopic (exact) mass is 169 g/mol. The topological polar surface area (TPSA) is 33.6 Å². The van der Waals surface area contributed by atoms with Crippen LogP contribution >= 0.6 is 12.2 Å². The van der Waals surface area contributed by atoms with Crippen molar-refractivity contribution in [2.75, 3.05) is 0 Å². The highest BCUT2D eigenvalue weighted by Gasteiger charge is 2.01. The number of hydrogen-bond acceptors (Lipinski definition) is 4. The fourth-order valence-electron chi connectivity index (χ4n) is 0.525. The Morgan fingerprint density at radius 1 is 1.64 bits per heavy atom. The summed E-state index contributed by atoms with van der Waals surface area (Å²) < 4.78 is 7.46. The minimum absolute atomic E-state index is 0.726. The third-order valence-corrected chi connectivity index (χ3v) is 1.43. The van der Waals surface area contributed by atoms with E-state index < -0.39 is 0 Å². The molecule has 3 nitrogen and oxygen atoms in total. The first-order valence-electron chi connectivity index (χ1n) is 3.22. The molecule has 1 N–H and O–H groups in total. The zero-order valence-corrected chi connectivity index (χ0v) is 6.80. The molecular weight excluding hydrogens is 160 g/mol. The highest BCUT2D eigenvalue weighted by Crippen LogP contribution is 2.05. The van der Waals surface area contributed by atoms with Gasteiger partial charge in [-0.2, -0.15) is 0 Å². The van der Waals surface area contributed by atoms with E-state index in [2.05, 4.69) is 21.1 Å². The van der Waals surface area contributed by atoms with Crippen molar-refractivity contribution in [3.05, 3.63) is 31.2 Å². The number of amidine groups is 1. The molecule has 0 unspecified atom stereocenters. The molecule has 0 saturated heterocycles. The average molecular weight is 169 g/mol. The van der Waals surface area contributed by atoms with Crippen LogP contribution in [0.2, 0.25) is 0 Å². The number of nitrogens with zero attached hydrogens (tertiary/aromatic N) is 1. The highest BCUT2D eigenvalue weighted by atomic mass is 32.2. The van der Waals surface area contributed by atoms with E-state index in [0.29, 0.717) is 0 Å². The van der Waals surface area contributed by atoms with Crippen LogP contribution in [0.15, 0.2) is 29.5 Å². The van der Waals surface area contributed by atoms with Crippen molar-refractivity contribution < 1.29 is 4.28 Å². The van der Waals surface area contributed by atoms with Crippen molar-refractivity contribution in [1.29, 1.82) is 0 Å². The van der Waals surface area contributed by atoms with Gasteiger partial charge in [-0.15, -0.1) is 0 Å². The molecule has 1 rings (SSSR count). The Balaban J connectivity index is 2.28. The molecule has 0 aromatic carbocycles. The van der Waals surface area contributed by atoms with Gasteiger partial charge in [0.15, 0.2) is 5.84 Å². The fourth-order valence-corrected chi connectivity index (χ4v) is 0.870. The fraction of sp³-hybridized carbons (Fsp3) is 0.143. The zero-order valence-electron chi connectivity index (χ0n) is 5.99. The third kappa shape index (κ3) is 3.13. The van der Waals surface area contributed by atoms with Crippen molar-refractivity contribution in [1.82, 2.24) is 4.72 Å². The number of allylic oxidation sites excluding steroid dienone is 3. The number of nitrogens with one attached hydrogen (secondary N) is 1. The molecule has 59 valence electrons. The van der Waals surface area contributed by atoms with Gasteiger partial charge in [-0.1, -0.05) is 18.2 Å². The molecular formula is C7H9N2OS. The van der Waals surface area contributed by atoms with Gasteiger partial charge in [0, 0.05) is 0 Å². The first-order valence-corrected chi connectivity index (χ1v) is 3.97. The summed E-state index contributed by atoms with van der Waals surface area (Å²) >= 11 is 1.10. The van der Waals surface area contributed by atoms with Gasteiger partial charge in [-0.3, -0.25) is 9.01 Å². The van der Waals surface area contributed by atoms with Gasteiger partial charge < -0.3 is 0 Å². The van der Waals surface area contributed by atoms with Crippen LogP contribution in [0.25, 0.3) is 0 Å². The van der Waals surface area contributed by atoms with Gasteiger partial charge in [0.2, 0.25) is 12.2 Å². The SMILES string of the molecule is [CH2]C/C=C/C=C/C1=NOSN1. The van der Waals surface area contributed by atoms with Crippen molar-refractivity contribution in [3.63, 3.8) is 0 Å². The summed E-state index contributed by atoms with van der Waals surface area (Å²) in [6.07, 6.45) is 8.38. The van der Waals surface area contributed by atoms with Crippen LogP contribution in [0.3, 0.4) is 0 Å². The molecule has 1 aliphatic rings. The van der Waals surface area contributed by atoms with E-state index in [-0.39, 0.29) is 0 Å². The molecule has 0 aliphatic carbocycles. The van der Waals surface area contributed by atoms with Gasteiger partial charge in [-0.25, -0.2) is 0 Å². The van der Waals surface area contributed by atoms with Crippen LogP contribution < -0.4 is 4.72 Å². The Bertz CT molecular complexity index is 199. The van der Waals surface area contributed by atoms with Crippen molar-refractivity contribution in [2.45, 2.75) is 6.42 Å². The molecule has 0 amide bonds. The Morgan fingerprint density at radius 2 is 2.55 bits per heavy atom. The maximum absolute atomic E-state index is 4.62. The Kier molecular flexibility index (Phi) is 3.61. The summed E-state index contributed by atoms with van der Waals surface area (Å²) in [5.74, 6) is 0.726. The van der Waals surface area contributed by atoms with Crippen LogP contribution in [-0.4, -0.2) is 5.84 Å². The molecule has 1 heterocycles. The lowest BCUT2D eigenvalue weighted by atomic mass is 10.4. The largest absolute Gasteiger partial charge is 0.297 e. The standard InChI is InChI=1S/C7H9N2OS/c1-2-3-4-5-6-7-8-10-11-9-7/h3-6H,1-2H2,(H,8,9)/b4-3+,6-5+. The predicted molar refractivity (Wildman–Crippen MR) is 47.5 cm³/mol. The first-order chi connectivity index (χ1) is 5.43. The number of oxime groups is 1. The lowest BCUT2D eigenvalue weighted by Gasteiger charge is -1.83. The maximum atomic E-state index is 4.62. The zero-order chi connectivity index (χ0) is 7.94.